The fourth-order valence-corrected chi connectivity index (χ4v) is 1.89. The molecule has 0 spiro atoms. The standard InChI is InChI=1S/C13H18N2O/c1-9-4-3-5-10(8-9)13(2,12(14)16)15-11-6-7-11/h3-5,8,11,15H,6-7H2,1-2H3,(H2,14,16). The van der Waals surface area contributed by atoms with Gasteiger partial charge in [-0.15, -0.1) is 0 Å². The molecule has 3 heteroatoms. The Kier molecular flexibility index (Phi) is 2.72. The van der Waals surface area contributed by atoms with Crippen LogP contribution in [0.15, 0.2) is 24.3 Å². The third-order valence-corrected chi connectivity index (χ3v) is 3.16. The number of hydrogen-bond donors (Lipinski definition) is 2. The van der Waals surface area contributed by atoms with Gasteiger partial charge in [0.15, 0.2) is 0 Å². The van der Waals surface area contributed by atoms with Gasteiger partial charge in [0.05, 0.1) is 0 Å². The van der Waals surface area contributed by atoms with E-state index >= 15 is 0 Å². The Morgan fingerprint density at radius 1 is 1.50 bits per heavy atom. The Labute approximate surface area is 96.0 Å². The monoisotopic (exact) mass is 218 g/mol. The van der Waals surface area contributed by atoms with Crippen molar-refractivity contribution in [2.45, 2.75) is 38.3 Å². The lowest BCUT2D eigenvalue weighted by Crippen LogP contribution is -2.51. The summed E-state index contributed by atoms with van der Waals surface area (Å²) in [5, 5.41) is 3.34. The number of nitrogens with one attached hydrogen (secondary N) is 1. The highest BCUT2D eigenvalue weighted by Crippen LogP contribution is 2.28. The second-order valence-corrected chi connectivity index (χ2v) is 4.78. The third kappa shape index (κ3) is 2.09. The number of aryl methyl sites for hydroxylation is 1. The quantitative estimate of drug-likeness (QED) is 0.803. The molecule has 0 saturated heterocycles. The van der Waals surface area contributed by atoms with E-state index in [1.165, 1.54) is 0 Å². The minimum atomic E-state index is -0.743. The summed E-state index contributed by atoms with van der Waals surface area (Å²) in [5.74, 6) is -0.315. The average Bonchev–Trinajstić information content (AvgIpc) is 3.01. The topological polar surface area (TPSA) is 55.1 Å². The van der Waals surface area contributed by atoms with Crippen LogP contribution in [0.5, 0.6) is 0 Å². The van der Waals surface area contributed by atoms with Gasteiger partial charge in [0.1, 0.15) is 5.54 Å². The van der Waals surface area contributed by atoms with Crippen LogP contribution < -0.4 is 11.1 Å². The molecule has 1 atom stereocenters. The Morgan fingerprint density at radius 3 is 2.69 bits per heavy atom. The number of hydrogen-bond acceptors (Lipinski definition) is 2. The van der Waals surface area contributed by atoms with Crippen molar-refractivity contribution in [2.24, 2.45) is 5.73 Å². The maximum atomic E-state index is 11.7. The van der Waals surface area contributed by atoms with E-state index in [0.717, 1.165) is 24.0 Å². The molecule has 1 amide bonds. The fourth-order valence-electron chi connectivity index (χ4n) is 1.89. The number of nitrogens with two attached hydrogens (primary N) is 1. The minimum absolute atomic E-state index is 0.315. The molecule has 1 saturated carbocycles. The van der Waals surface area contributed by atoms with E-state index in [9.17, 15) is 4.79 Å². The maximum absolute atomic E-state index is 11.7. The Hall–Kier alpha value is -1.35. The van der Waals surface area contributed by atoms with Crippen LogP contribution in [0.25, 0.3) is 0 Å². The summed E-state index contributed by atoms with van der Waals surface area (Å²) in [4.78, 5) is 11.7. The van der Waals surface area contributed by atoms with Crippen LogP contribution in [0.3, 0.4) is 0 Å². The number of benzene rings is 1. The van der Waals surface area contributed by atoms with Gasteiger partial charge >= 0.3 is 0 Å². The van der Waals surface area contributed by atoms with Gasteiger partial charge < -0.3 is 5.73 Å². The van der Waals surface area contributed by atoms with E-state index in [1.54, 1.807) is 0 Å². The molecular weight excluding hydrogens is 200 g/mol. The van der Waals surface area contributed by atoms with E-state index in [0.29, 0.717) is 6.04 Å². The zero-order chi connectivity index (χ0) is 11.8. The SMILES string of the molecule is Cc1cccc(C(C)(NC2CC2)C(N)=O)c1. The normalized spacial score (nSPS) is 19.1. The molecule has 0 radical (unpaired) electrons. The number of carbonyl (C=O) groups is 1. The first-order chi connectivity index (χ1) is 7.52. The molecule has 2 rings (SSSR count). The van der Waals surface area contributed by atoms with Gasteiger partial charge in [0.2, 0.25) is 5.91 Å². The zero-order valence-corrected chi connectivity index (χ0v) is 9.79. The molecule has 0 heterocycles. The van der Waals surface area contributed by atoms with Crippen LogP contribution in [0.1, 0.15) is 30.9 Å². The number of rotatable bonds is 4. The summed E-state index contributed by atoms with van der Waals surface area (Å²) in [6.45, 7) is 3.88. The van der Waals surface area contributed by atoms with E-state index in [1.807, 2.05) is 38.1 Å². The smallest absolute Gasteiger partial charge is 0.242 e. The first-order valence-electron chi connectivity index (χ1n) is 5.67. The van der Waals surface area contributed by atoms with Crippen molar-refractivity contribution in [2.75, 3.05) is 0 Å². The van der Waals surface area contributed by atoms with Gasteiger partial charge in [0.25, 0.3) is 0 Å². The minimum Gasteiger partial charge on any atom is -0.368 e. The molecule has 1 aromatic carbocycles. The number of amides is 1. The number of carbonyl (C=O) groups excluding carboxylic acids is 1. The molecule has 0 aromatic heterocycles. The van der Waals surface area contributed by atoms with Crippen molar-refractivity contribution in [3.8, 4) is 0 Å². The number of primary amides is 1. The summed E-state index contributed by atoms with van der Waals surface area (Å²) < 4.78 is 0. The summed E-state index contributed by atoms with van der Waals surface area (Å²) in [6.07, 6.45) is 2.27. The molecule has 1 unspecified atom stereocenters. The van der Waals surface area contributed by atoms with Gasteiger partial charge in [-0.05, 0) is 32.3 Å². The van der Waals surface area contributed by atoms with Crippen molar-refractivity contribution in [1.82, 2.24) is 5.32 Å². The summed E-state index contributed by atoms with van der Waals surface area (Å²) >= 11 is 0. The van der Waals surface area contributed by atoms with Crippen molar-refractivity contribution in [3.63, 3.8) is 0 Å². The summed E-state index contributed by atoms with van der Waals surface area (Å²) in [5.41, 5.74) is 6.88. The van der Waals surface area contributed by atoms with Crippen LogP contribution in [0.4, 0.5) is 0 Å². The summed E-state index contributed by atoms with van der Waals surface area (Å²) in [6, 6.07) is 8.38. The van der Waals surface area contributed by atoms with Gasteiger partial charge in [-0.3, -0.25) is 10.1 Å². The highest BCUT2D eigenvalue weighted by Gasteiger charge is 2.38. The van der Waals surface area contributed by atoms with Crippen LogP contribution in [-0.4, -0.2) is 11.9 Å². The second kappa shape index (κ2) is 3.91. The van der Waals surface area contributed by atoms with Crippen molar-refractivity contribution >= 4 is 5.91 Å². The lowest BCUT2D eigenvalue weighted by Gasteiger charge is -2.28. The first-order valence-corrected chi connectivity index (χ1v) is 5.67. The Bertz CT molecular complexity index is 412. The lowest BCUT2D eigenvalue weighted by molar-refractivity contribution is -0.124. The molecule has 86 valence electrons. The molecule has 1 aliphatic carbocycles. The van der Waals surface area contributed by atoms with Gasteiger partial charge in [-0.2, -0.15) is 0 Å². The predicted octanol–water partition coefficient (Wildman–Crippen LogP) is 1.45. The van der Waals surface area contributed by atoms with E-state index in [4.69, 9.17) is 5.73 Å². The molecule has 3 N–H and O–H groups in total. The van der Waals surface area contributed by atoms with E-state index in [2.05, 4.69) is 5.32 Å². The predicted molar refractivity (Wildman–Crippen MR) is 63.9 cm³/mol. The lowest BCUT2D eigenvalue weighted by atomic mass is 9.90. The Balaban J connectivity index is 2.33. The summed E-state index contributed by atoms with van der Waals surface area (Å²) in [7, 11) is 0. The average molecular weight is 218 g/mol. The highest BCUT2D eigenvalue weighted by atomic mass is 16.1. The van der Waals surface area contributed by atoms with Gasteiger partial charge in [-0.1, -0.05) is 29.8 Å². The first kappa shape index (κ1) is 11.1. The zero-order valence-electron chi connectivity index (χ0n) is 9.79. The largest absolute Gasteiger partial charge is 0.368 e. The van der Waals surface area contributed by atoms with Crippen molar-refractivity contribution < 1.29 is 4.79 Å². The molecular formula is C13H18N2O. The van der Waals surface area contributed by atoms with Crippen LogP contribution in [-0.2, 0) is 10.3 Å². The molecule has 0 aliphatic heterocycles. The van der Waals surface area contributed by atoms with Crippen LogP contribution in [0.2, 0.25) is 0 Å². The van der Waals surface area contributed by atoms with Gasteiger partial charge in [0, 0.05) is 6.04 Å². The second-order valence-electron chi connectivity index (χ2n) is 4.78. The van der Waals surface area contributed by atoms with E-state index < -0.39 is 5.54 Å². The molecule has 3 nitrogen and oxygen atoms in total. The van der Waals surface area contributed by atoms with Crippen molar-refractivity contribution in [1.29, 1.82) is 0 Å². The third-order valence-electron chi connectivity index (χ3n) is 3.16. The highest BCUT2D eigenvalue weighted by molar-refractivity contribution is 5.85. The van der Waals surface area contributed by atoms with Crippen molar-refractivity contribution in [3.05, 3.63) is 35.4 Å². The molecule has 16 heavy (non-hydrogen) atoms. The van der Waals surface area contributed by atoms with E-state index in [-0.39, 0.29) is 5.91 Å². The molecule has 1 aromatic rings. The van der Waals surface area contributed by atoms with Gasteiger partial charge in [-0.25, -0.2) is 0 Å². The maximum Gasteiger partial charge on any atom is 0.242 e. The Morgan fingerprint density at radius 2 is 2.19 bits per heavy atom. The van der Waals surface area contributed by atoms with Crippen LogP contribution in [0, 0.1) is 6.92 Å². The fraction of sp³-hybridized carbons (Fsp3) is 0.462. The van der Waals surface area contributed by atoms with Crippen LogP contribution >= 0.6 is 0 Å². The molecule has 1 fully saturated rings. The molecule has 0 bridgehead atoms. The molecule has 1 aliphatic rings.